The predicted octanol–water partition coefficient (Wildman–Crippen LogP) is 3.36. The van der Waals surface area contributed by atoms with Gasteiger partial charge in [0, 0.05) is 18.7 Å². The Bertz CT molecular complexity index is 781. The fourth-order valence-corrected chi connectivity index (χ4v) is 2.22. The molecule has 2 rings (SSSR count). The van der Waals surface area contributed by atoms with Gasteiger partial charge in [0.25, 0.3) is 0 Å². The molecule has 0 heterocycles. The molecule has 0 bridgehead atoms. The Labute approximate surface area is 144 Å². The van der Waals surface area contributed by atoms with Crippen molar-refractivity contribution in [1.29, 1.82) is 0 Å². The van der Waals surface area contributed by atoms with E-state index in [1.165, 1.54) is 13.0 Å². The predicted molar refractivity (Wildman–Crippen MR) is 90.6 cm³/mol. The highest BCUT2D eigenvalue weighted by Gasteiger charge is 2.18. The number of halogens is 2. The van der Waals surface area contributed by atoms with Crippen LogP contribution < -0.4 is 15.0 Å². The van der Waals surface area contributed by atoms with Gasteiger partial charge >= 0.3 is 0 Å². The molecule has 132 valence electrons. The molecule has 2 amide bonds. The van der Waals surface area contributed by atoms with Crippen molar-refractivity contribution in [2.75, 3.05) is 23.4 Å². The van der Waals surface area contributed by atoms with Crippen molar-refractivity contribution >= 4 is 23.2 Å². The summed E-state index contributed by atoms with van der Waals surface area (Å²) in [5.74, 6) is -2.58. The van der Waals surface area contributed by atoms with E-state index in [4.69, 9.17) is 4.74 Å². The molecule has 1 N–H and O–H groups in total. The van der Waals surface area contributed by atoms with Gasteiger partial charge in [-0.05, 0) is 31.2 Å². The zero-order valence-corrected chi connectivity index (χ0v) is 13.9. The van der Waals surface area contributed by atoms with Gasteiger partial charge in [-0.1, -0.05) is 12.1 Å². The summed E-state index contributed by atoms with van der Waals surface area (Å²) in [7, 11) is 0. The van der Waals surface area contributed by atoms with Crippen LogP contribution in [0.3, 0.4) is 0 Å². The van der Waals surface area contributed by atoms with E-state index in [2.05, 4.69) is 5.32 Å². The van der Waals surface area contributed by atoms with Gasteiger partial charge in [-0.15, -0.1) is 0 Å². The van der Waals surface area contributed by atoms with Crippen LogP contribution in [-0.4, -0.2) is 25.0 Å². The number of benzene rings is 2. The van der Waals surface area contributed by atoms with Crippen LogP contribution in [0.25, 0.3) is 0 Å². The van der Waals surface area contributed by atoms with Crippen molar-refractivity contribution in [2.45, 2.75) is 13.8 Å². The third-order valence-corrected chi connectivity index (χ3v) is 3.36. The fourth-order valence-electron chi connectivity index (χ4n) is 2.22. The summed E-state index contributed by atoms with van der Waals surface area (Å²) in [6.45, 7) is 3.14. The highest BCUT2D eigenvalue weighted by molar-refractivity contribution is 6.02. The molecular weight excluding hydrogens is 330 g/mol. The molecular formula is C18H18F2N2O3. The first-order valence-electron chi connectivity index (χ1n) is 7.67. The molecule has 0 fully saturated rings. The van der Waals surface area contributed by atoms with Crippen molar-refractivity contribution in [3.8, 4) is 5.75 Å². The first-order valence-corrected chi connectivity index (χ1v) is 7.67. The summed E-state index contributed by atoms with van der Waals surface area (Å²) in [6, 6.07) is 9.89. The molecule has 0 saturated carbocycles. The summed E-state index contributed by atoms with van der Waals surface area (Å²) < 4.78 is 31.9. The number of carbonyl (C=O) groups is 2. The SMILES string of the molecule is CCOc1ccccc1NC(=O)CN(C(C)=O)c1ccc(F)c(F)c1. The van der Waals surface area contributed by atoms with Crippen molar-refractivity contribution < 1.29 is 23.1 Å². The van der Waals surface area contributed by atoms with E-state index in [1.807, 2.05) is 6.92 Å². The van der Waals surface area contributed by atoms with E-state index in [0.717, 1.165) is 17.0 Å². The molecule has 2 aromatic carbocycles. The number of nitrogens with zero attached hydrogens (tertiary/aromatic N) is 1. The maximum atomic E-state index is 13.4. The Morgan fingerprint density at radius 2 is 1.84 bits per heavy atom. The number of amides is 2. The van der Waals surface area contributed by atoms with E-state index in [0.29, 0.717) is 18.0 Å². The molecule has 0 aromatic heterocycles. The van der Waals surface area contributed by atoms with Gasteiger partial charge < -0.3 is 15.0 Å². The lowest BCUT2D eigenvalue weighted by Crippen LogP contribution is -2.36. The summed E-state index contributed by atoms with van der Waals surface area (Å²) >= 11 is 0. The summed E-state index contributed by atoms with van der Waals surface area (Å²) in [5, 5.41) is 2.65. The van der Waals surface area contributed by atoms with Gasteiger partial charge in [-0.2, -0.15) is 0 Å². The molecule has 0 aliphatic carbocycles. The summed E-state index contributed by atoms with van der Waals surface area (Å²) in [5.41, 5.74) is 0.558. The first-order chi connectivity index (χ1) is 11.9. The van der Waals surface area contributed by atoms with E-state index >= 15 is 0 Å². The van der Waals surface area contributed by atoms with Crippen LogP contribution in [-0.2, 0) is 9.59 Å². The molecule has 2 aromatic rings. The Morgan fingerprint density at radius 3 is 2.48 bits per heavy atom. The number of ether oxygens (including phenoxy) is 1. The molecule has 7 heteroatoms. The molecule has 0 unspecified atom stereocenters. The van der Waals surface area contributed by atoms with Gasteiger partial charge in [0.2, 0.25) is 11.8 Å². The van der Waals surface area contributed by atoms with Gasteiger partial charge in [-0.25, -0.2) is 8.78 Å². The number of nitrogens with one attached hydrogen (secondary N) is 1. The standard InChI is InChI=1S/C18H18F2N2O3/c1-3-25-17-7-5-4-6-16(17)21-18(24)11-22(12(2)23)13-8-9-14(19)15(20)10-13/h4-10H,3,11H2,1-2H3,(H,21,24). The number of para-hydroxylation sites is 2. The molecule has 0 radical (unpaired) electrons. The molecule has 0 spiro atoms. The van der Waals surface area contributed by atoms with Gasteiger partial charge in [0.15, 0.2) is 11.6 Å². The quantitative estimate of drug-likeness (QED) is 0.871. The molecule has 25 heavy (non-hydrogen) atoms. The Morgan fingerprint density at radius 1 is 1.12 bits per heavy atom. The minimum Gasteiger partial charge on any atom is -0.492 e. The lowest BCUT2D eigenvalue weighted by atomic mass is 10.2. The second-order valence-corrected chi connectivity index (χ2v) is 5.18. The number of carbonyl (C=O) groups excluding carboxylic acids is 2. The lowest BCUT2D eigenvalue weighted by molar-refractivity contribution is -0.120. The summed E-state index contributed by atoms with van der Waals surface area (Å²) in [6.07, 6.45) is 0. The fraction of sp³-hybridized carbons (Fsp3) is 0.222. The smallest absolute Gasteiger partial charge is 0.244 e. The third kappa shape index (κ3) is 4.76. The molecule has 0 atom stereocenters. The minimum absolute atomic E-state index is 0.0969. The highest BCUT2D eigenvalue weighted by Crippen LogP contribution is 2.24. The zero-order valence-electron chi connectivity index (χ0n) is 13.9. The van der Waals surface area contributed by atoms with Gasteiger partial charge in [0.1, 0.15) is 12.3 Å². The van der Waals surface area contributed by atoms with Crippen LogP contribution in [0, 0.1) is 11.6 Å². The van der Waals surface area contributed by atoms with Crippen LogP contribution in [0.1, 0.15) is 13.8 Å². The number of hydrogen-bond acceptors (Lipinski definition) is 3. The largest absolute Gasteiger partial charge is 0.492 e. The Hall–Kier alpha value is -2.96. The van der Waals surface area contributed by atoms with Crippen LogP contribution in [0.15, 0.2) is 42.5 Å². The summed E-state index contributed by atoms with van der Waals surface area (Å²) in [4.78, 5) is 25.1. The maximum absolute atomic E-state index is 13.4. The molecule has 0 saturated heterocycles. The van der Waals surface area contributed by atoms with Crippen molar-refractivity contribution in [3.63, 3.8) is 0 Å². The van der Waals surface area contributed by atoms with Crippen LogP contribution in [0.2, 0.25) is 0 Å². The van der Waals surface area contributed by atoms with E-state index in [-0.39, 0.29) is 12.2 Å². The number of hydrogen-bond donors (Lipinski definition) is 1. The monoisotopic (exact) mass is 348 g/mol. The average Bonchev–Trinajstić information content (AvgIpc) is 2.57. The van der Waals surface area contributed by atoms with Crippen molar-refractivity contribution in [1.82, 2.24) is 0 Å². The topological polar surface area (TPSA) is 58.6 Å². The third-order valence-electron chi connectivity index (χ3n) is 3.36. The molecule has 0 aliphatic heterocycles. The zero-order chi connectivity index (χ0) is 18.4. The number of anilines is 2. The van der Waals surface area contributed by atoms with E-state index in [1.54, 1.807) is 24.3 Å². The van der Waals surface area contributed by atoms with E-state index in [9.17, 15) is 18.4 Å². The second kappa shape index (κ2) is 8.23. The van der Waals surface area contributed by atoms with Gasteiger partial charge in [-0.3, -0.25) is 9.59 Å². The van der Waals surface area contributed by atoms with Crippen LogP contribution in [0.5, 0.6) is 5.75 Å². The van der Waals surface area contributed by atoms with E-state index < -0.39 is 23.4 Å². The number of rotatable bonds is 6. The van der Waals surface area contributed by atoms with Crippen LogP contribution in [0.4, 0.5) is 20.2 Å². The Kier molecular flexibility index (Phi) is 6.05. The molecule has 5 nitrogen and oxygen atoms in total. The molecule has 0 aliphatic rings. The lowest BCUT2D eigenvalue weighted by Gasteiger charge is -2.21. The van der Waals surface area contributed by atoms with Crippen molar-refractivity contribution in [3.05, 3.63) is 54.1 Å². The minimum atomic E-state index is -1.09. The van der Waals surface area contributed by atoms with Gasteiger partial charge in [0.05, 0.1) is 12.3 Å². The maximum Gasteiger partial charge on any atom is 0.244 e. The normalized spacial score (nSPS) is 10.2. The average molecular weight is 348 g/mol. The highest BCUT2D eigenvalue weighted by atomic mass is 19.2. The van der Waals surface area contributed by atoms with Crippen LogP contribution >= 0.6 is 0 Å². The first kappa shape index (κ1) is 18.4. The second-order valence-electron chi connectivity index (χ2n) is 5.18. The van der Waals surface area contributed by atoms with Crippen molar-refractivity contribution in [2.24, 2.45) is 0 Å². The Balaban J connectivity index is 2.16.